The Hall–Kier alpha value is -2.97. The Kier molecular flexibility index (Phi) is 6.31. The summed E-state index contributed by atoms with van der Waals surface area (Å²) in [6.07, 6.45) is 7.24. The summed E-state index contributed by atoms with van der Waals surface area (Å²) in [6.45, 7) is 7.98. The van der Waals surface area contributed by atoms with E-state index in [-0.39, 0.29) is 33.4 Å². The third-order valence-electron chi connectivity index (χ3n) is 8.96. The van der Waals surface area contributed by atoms with Gasteiger partial charge in [-0.3, -0.25) is 4.79 Å². The maximum absolute atomic E-state index is 13.0. The molecule has 5 rings (SSSR count). The Labute approximate surface area is 218 Å². The van der Waals surface area contributed by atoms with Gasteiger partial charge in [-0.15, -0.1) is 6.58 Å². The Morgan fingerprint density at radius 2 is 1.92 bits per heavy atom. The van der Waals surface area contributed by atoms with Crippen LogP contribution in [0.1, 0.15) is 67.4 Å². The fraction of sp³-hybridized carbons (Fsp3) is 0.448. The number of hydrogen-bond acceptors (Lipinski definition) is 6. The van der Waals surface area contributed by atoms with Gasteiger partial charge in [0.2, 0.25) is 10.0 Å². The zero-order chi connectivity index (χ0) is 26.6. The number of primary sulfonamides is 1. The quantitative estimate of drug-likeness (QED) is 0.346. The second kappa shape index (κ2) is 9.10. The zero-order valence-electron chi connectivity index (χ0n) is 21.2. The molecule has 2 N–H and O–H groups in total. The van der Waals surface area contributed by atoms with Crippen molar-refractivity contribution >= 4 is 22.0 Å². The number of nitrogens with two attached hydrogens (primary N) is 1. The summed E-state index contributed by atoms with van der Waals surface area (Å²) >= 11 is 0. The van der Waals surface area contributed by atoms with Crippen LogP contribution in [0.15, 0.2) is 60.0 Å². The number of fused-ring (bicyclic) bond motifs is 5. The lowest BCUT2D eigenvalue weighted by atomic mass is 9.49. The molecule has 2 saturated carbocycles. The predicted molar refractivity (Wildman–Crippen MR) is 139 cm³/mol. The van der Waals surface area contributed by atoms with Gasteiger partial charge in [0.25, 0.3) is 0 Å². The van der Waals surface area contributed by atoms with Crippen molar-refractivity contribution in [2.24, 2.45) is 22.4 Å². The molecular weight excluding hydrogens is 490 g/mol. The molecule has 7 nitrogen and oxygen atoms in total. The zero-order valence-corrected chi connectivity index (χ0v) is 22.1. The molecule has 0 heterocycles. The fourth-order valence-corrected chi connectivity index (χ4v) is 7.89. The summed E-state index contributed by atoms with van der Waals surface area (Å²) in [5.41, 5.74) is 2.52. The van der Waals surface area contributed by atoms with Crippen molar-refractivity contribution < 1.29 is 27.5 Å². The highest BCUT2D eigenvalue weighted by atomic mass is 32.2. The molecule has 0 saturated heterocycles. The van der Waals surface area contributed by atoms with Crippen LogP contribution in [0.4, 0.5) is 0 Å². The van der Waals surface area contributed by atoms with Crippen LogP contribution < -0.4 is 9.88 Å². The first-order chi connectivity index (χ1) is 17.4. The number of esters is 2. The molecule has 196 valence electrons. The van der Waals surface area contributed by atoms with Crippen LogP contribution >= 0.6 is 0 Å². The van der Waals surface area contributed by atoms with Crippen molar-refractivity contribution in [3.8, 4) is 5.75 Å². The van der Waals surface area contributed by atoms with Gasteiger partial charge in [0.15, 0.2) is 0 Å². The summed E-state index contributed by atoms with van der Waals surface area (Å²) in [5.74, 6) is 0.436. The molecule has 5 atom stereocenters. The van der Waals surface area contributed by atoms with Gasteiger partial charge in [-0.1, -0.05) is 25.1 Å². The molecule has 0 bridgehead atoms. The van der Waals surface area contributed by atoms with Crippen molar-refractivity contribution in [3.05, 3.63) is 71.8 Å². The van der Waals surface area contributed by atoms with Crippen LogP contribution in [-0.4, -0.2) is 26.5 Å². The van der Waals surface area contributed by atoms with E-state index in [1.807, 2.05) is 12.1 Å². The number of rotatable bonds is 5. The van der Waals surface area contributed by atoms with Gasteiger partial charge in [0.05, 0.1) is 10.5 Å². The number of carbonyl (C=O) groups is 2. The lowest BCUT2D eigenvalue weighted by molar-refractivity contribution is -0.131. The Bertz CT molecular complexity index is 1380. The first-order valence-electron chi connectivity index (χ1n) is 12.7. The molecule has 0 radical (unpaired) electrons. The summed E-state index contributed by atoms with van der Waals surface area (Å²) in [5, 5.41) is 5.23. The average Bonchev–Trinajstić information content (AvgIpc) is 3.18. The van der Waals surface area contributed by atoms with Crippen LogP contribution in [0.5, 0.6) is 5.75 Å². The van der Waals surface area contributed by atoms with Crippen molar-refractivity contribution in [2.75, 3.05) is 0 Å². The molecule has 3 aliphatic carbocycles. The minimum absolute atomic E-state index is 0.0414. The van der Waals surface area contributed by atoms with E-state index in [4.69, 9.17) is 14.6 Å². The maximum atomic E-state index is 13.0. The monoisotopic (exact) mass is 523 g/mol. The lowest BCUT2D eigenvalue weighted by Crippen LogP contribution is -2.49. The molecule has 0 aliphatic heterocycles. The van der Waals surface area contributed by atoms with E-state index in [1.54, 1.807) is 6.07 Å². The SMILES string of the molecule is C=C[C@]12CC[C@]3(C)C[C@H](OC(=O)c4cccc(S(N)(=O)=O)c4)CC3C1CCc1cc(OC(C)=O)ccc12. The largest absolute Gasteiger partial charge is 0.459 e. The minimum atomic E-state index is -3.91. The standard InChI is InChI=1S/C29H33NO6S/c1-4-29-13-12-28(3)17-22(36-27(32)20-6-5-7-23(15-20)37(30,33)34)16-26(28)25(29)10-8-19-14-21(35-18(2)31)9-11-24(19)29/h4-7,9,11,14-15,22,25-26H,1,8,10,12-13,16-17H2,2-3H3,(H2,30,33,34)/t22-,25?,26?,28-,29-/m1/s1. The highest BCUT2D eigenvalue weighted by molar-refractivity contribution is 7.89. The number of allylic oxidation sites excluding steroid dienone is 1. The lowest BCUT2D eigenvalue weighted by Gasteiger charge is -2.55. The second-order valence-electron chi connectivity index (χ2n) is 11.1. The Morgan fingerprint density at radius 1 is 1.14 bits per heavy atom. The fourth-order valence-electron chi connectivity index (χ4n) is 7.33. The van der Waals surface area contributed by atoms with Gasteiger partial charge in [-0.25, -0.2) is 18.4 Å². The number of carbonyl (C=O) groups excluding carboxylic acids is 2. The van der Waals surface area contributed by atoms with Crippen LogP contribution in [0.3, 0.4) is 0 Å². The predicted octanol–water partition coefficient (Wildman–Crippen LogP) is 4.68. The van der Waals surface area contributed by atoms with E-state index in [9.17, 15) is 18.0 Å². The van der Waals surface area contributed by atoms with E-state index in [2.05, 4.69) is 25.6 Å². The molecule has 0 aromatic heterocycles. The highest BCUT2D eigenvalue weighted by Gasteiger charge is 2.58. The number of hydrogen-bond donors (Lipinski definition) is 1. The van der Waals surface area contributed by atoms with Crippen molar-refractivity contribution in [2.45, 2.75) is 68.8 Å². The molecule has 37 heavy (non-hydrogen) atoms. The molecule has 0 amide bonds. The van der Waals surface area contributed by atoms with Crippen LogP contribution in [-0.2, 0) is 31.4 Å². The summed E-state index contributed by atoms with van der Waals surface area (Å²) < 4.78 is 34.7. The average molecular weight is 524 g/mol. The van der Waals surface area contributed by atoms with Gasteiger partial charge >= 0.3 is 11.9 Å². The Balaban J connectivity index is 1.38. The normalized spacial score (nSPS) is 30.4. The van der Waals surface area contributed by atoms with Crippen LogP contribution in [0, 0.1) is 17.3 Å². The third kappa shape index (κ3) is 4.50. The molecular formula is C29H33NO6S. The van der Waals surface area contributed by atoms with Gasteiger partial charge in [-0.05, 0) is 97.2 Å². The number of aryl methyl sites for hydroxylation is 1. The molecule has 3 aliphatic rings. The van der Waals surface area contributed by atoms with Crippen LogP contribution in [0.25, 0.3) is 0 Å². The summed E-state index contributed by atoms with van der Waals surface area (Å²) in [4.78, 5) is 24.3. The summed E-state index contributed by atoms with van der Waals surface area (Å²) in [6, 6.07) is 11.6. The second-order valence-corrected chi connectivity index (χ2v) is 12.7. The first-order valence-corrected chi connectivity index (χ1v) is 14.3. The van der Waals surface area contributed by atoms with Gasteiger partial charge in [-0.2, -0.15) is 0 Å². The number of ether oxygens (including phenoxy) is 2. The molecule has 8 heteroatoms. The smallest absolute Gasteiger partial charge is 0.338 e. The maximum Gasteiger partial charge on any atom is 0.338 e. The van der Waals surface area contributed by atoms with E-state index in [1.165, 1.54) is 36.2 Å². The van der Waals surface area contributed by atoms with Crippen molar-refractivity contribution in [1.29, 1.82) is 0 Å². The van der Waals surface area contributed by atoms with Gasteiger partial charge in [0.1, 0.15) is 11.9 Å². The molecule has 2 aromatic rings. The van der Waals surface area contributed by atoms with E-state index < -0.39 is 16.0 Å². The van der Waals surface area contributed by atoms with E-state index in [0.29, 0.717) is 17.6 Å². The summed E-state index contributed by atoms with van der Waals surface area (Å²) in [7, 11) is -3.91. The number of benzene rings is 2. The minimum Gasteiger partial charge on any atom is -0.459 e. The first kappa shape index (κ1) is 25.7. The molecule has 2 fully saturated rings. The Morgan fingerprint density at radius 3 is 2.62 bits per heavy atom. The highest BCUT2D eigenvalue weighted by Crippen LogP contribution is 2.64. The molecule has 0 spiro atoms. The van der Waals surface area contributed by atoms with E-state index >= 15 is 0 Å². The molecule has 2 unspecified atom stereocenters. The van der Waals surface area contributed by atoms with Gasteiger partial charge < -0.3 is 9.47 Å². The molecule has 2 aromatic carbocycles. The van der Waals surface area contributed by atoms with Gasteiger partial charge in [0, 0.05) is 12.3 Å². The van der Waals surface area contributed by atoms with Crippen molar-refractivity contribution in [1.82, 2.24) is 0 Å². The van der Waals surface area contributed by atoms with Crippen molar-refractivity contribution in [3.63, 3.8) is 0 Å². The van der Waals surface area contributed by atoms with Crippen LogP contribution in [0.2, 0.25) is 0 Å². The third-order valence-corrected chi connectivity index (χ3v) is 9.87. The topological polar surface area (TPSA) is 113 Å². The van der Waals surface area contributed by atoms with E-state index in [0.717, 1.165) is 38.5 Å². The number of sulfonamides is 1.